The number of ether oxygens (including phenoxy) is 1. The highest BCUT2D eigenvalue weighted by Crippen LogP contribution is 2.41. The van der Waals surface area contributed by atoms with Crippen LogP contribution in [0.1, 0.15) is 53.6 Å². The fourth-order valence-electron chi connectivity index (χ4n) is 5.18. The number of halogens is 3. The number of carbonyl (C=O) groups excluding carboxylic acids is 1. The Balaban J connectivity index is 1.73. The first kappa shape index (κ1) is 24.0. The van der Waals surface area contributed by atoms with Crippen molar-refractivity contribution in [2.24, 2.45) is 0 Å². The van der Waals surface area contributed by atoms with Gasteiger partial charge in [0, 0.05) is 17.5 Å². The molecular weight excluding hydrogens is 449 g/mol. The van der Waals surface area contributed by atoms with E-state index in [1.165, 1.54) is 20.0 Å². The Labute approximate surface area is 196 Å². The summed E-state index contributed by atoms with van der Waals surface area (Å²) in [6.45, 7) is 1.68. The summed E-state index contributed by atoms with van der Waals surface area (Å²) in [5.41, 5.74) is -0.282. The third kappa shape index (κ3) is 4.87. The Bertz CT molecular complexity index is 974. The minimum absolute atomic E-state index is 0.0680. The van der Waals surface area contributed by atoms with Crippen LogP contribution in [0.5, 0.6) is 5.75 Å². The van der Waals surface area contributed by atoms with Crippen LogP contribution in [-0.4, -0.2) is 43.3 Å². The Morgan fingerprint density at radius 1 is 1.18 bits per heavy atom. The Morgan fingerprint density at radius 2 is 1.94 bits per heavy atom. The average Bonchev–Trinajstić information content (AvgIpc) is 2.82. The van der Waals surface area contributed by atoms with Crippen molar-refractivity contribution in [3.8, 4) is 5.75 Å². The lowest BCUT2D eigenvalue weighted by Gasteiger charge is -2.49. The first-order valence-corrected chi connectivity index (χ1v) is 12.5. The minimum atomic E-state index is -4.52. The Hall–Kier alpha value is -2.19. The van der Waals surface area contributed by atoms with Gasteiger partial charge in [-0.3, -0.25) is 9.69 Å². The van der Waals surface area contributed by atoms with E-state index in [1.54, 1.807) is 6.26 Å². The molecule has 2 saturated heterocycles. The standard InChI is InChI=1S/C25H29F3N2O2S/c1-32-20-14-18(25(26,27)28)15-21(33-2)22(20)23(31)29-24(17-8-4-3-5-9-17)12-11-19-10-6-7-13-30(19)16-24/h3-5,8-9,14-15,19H,6-7,10-13,16H2,1-2H3,(H,29,31). The van der Waals surface area contributed by atoms with E-state index >= 15 is 0 Å². The van der Waals surface area contributed by atoms with Crippen LogP contribution in [0.4, 0.5) is 13.2 Å². The number of alkyl halides is 3. The Morgan fingerprint density at radius 3 is 2.61 bits per heavy atom. The number of thioether (sulfide) groups is 1. The van der Waals surface area contributed by atoms with Crippen molar-refractivity contribution in [1.29, 1.82) is 0 Å². The second kappa shape index (κ2) is 9.58. The van der Waals surface area contributed by atoms with Crippen molar-refractivity contribution in [3.05, 3.63) is 59.2 Å². The molecule has 4 nitrogen and oxygen atoms in total. The van der Waals surface area contributed by atoms with Gasteiger partial charge in [0.25, 0.3) is 5.91 Å². The summed E-state index contributed by atoms with van der Waals surface area (Å²) in [5.74, 6) is -0.481. The first-order chi connectivity index (χ1) is 15.8. The number of carbonyl (C=O) groups is 1. The Kier molecular flexibility index (Phi) is 6.96. The van der Waals surface area contributed by atoms with Gasteiger partial charge in [0.1, 0.15) is 5.75 Å². The van der Waals surface area contributed by atoms with Crippen molar-refractivity contribution < 1.29 is 22.7 Å². The fraction of sp³-hybridized carbons (Fsp3) is 0.480. The molecule has 1 N–H and O–H groups in total. The summed E-state index contributed by atoms with van der Waals surface area (Å²) in [6.07, 6.45) is 2.42. The van der Waals surface area contributed by atoms with Crippen LogP contribution in [0, 0.1) is 0 Å². The molecule has 0 bridgehead atoms. The van der Waals surface area contributed by atoms with Crippen LogP contribution in [0.25, 0.3) is 0 Å². The molecule has 2 aliphatic heterocycles. The number of fused-ring (bicyclic) bond motifs is 1. The molecule has 2 aromatic carbocycles. The molecule has 2 fully saturated rings. The van der Waals surface area contributed by atoms with Crippen LogP contribution >= 0.6 is 11.8 Å². The lowest BCUT2D eigenvalue weighted by atomic mass is 9.77. The van der Waals surface area contributed by atoms with Gasteiger partial charge in [-0.15, -0.1) is 11.8 Å². The highest BCUT2D eigenvalue weighted by molar-refractivity contribution is 7.98. The van der Waals surface area contributed by atoms with Crippen molar-refractivity contribution >= 4 is 17.7 Å². The normalized spacial score (nSPS) is 23.6. The average molecular weight is 479 g/mol. The SMILES string of the molecule is COc1cc(C(F)(F)F)cc(SC)c1C(=O)NC1(c2ccccc2)CCC2CCCCN2C1. The summed E-state index contributed by atoms with van der Waals surface area (Å²) >= 11 is 1.11. The number of nitrogens with one attached hydrogen (secondary N) is 1. The van der Waals surface area contributed by atoms with Crippen LogP contribution < -0.4 is 10.1 Å². The molecule has 2 unspecified atom stereocenters. The molecule has 1 amide bonds. The van der Waals surface area contributed by atoms with Gasteiger partial charge in [-0.05, 0) is 56.2 Å². The highest BCUT2D eigenvalue weighted by atomic mass is 32.2. The molecule has 8 heteroatoms. The zero-order chi connectivity index (χ0) is 23.6. The summed E-state index contributed by atoms with van der Waals surface area (Å²) < 4.78 is 45.5. The number of methoxy groups -OCH3 is 1. The largest absolute Gasteiger partial charge is 0.496 e. The van der Waals surface area contributed by atoms with Crippen molar-refractivity contribution in [2.75, 3.05) is 26.5 Å². The first-order valence-electron chi connectivity index (χ1n) is 11.2. The lowest BCUT2D eigenvalue weighted by molar-refractivity contribution is -0.137. The maximum Gasteiger partial charge on any atom is 0.416 e. The predicted molar refractivity (Wildman–Crippen MR) is 124 cm³/mol. The van der Waals surface area contributed by atoms with Crippen molar-refractivity contribution in [3.63, 3.8) is 0 Å². The van der Waals surface area contributed by atoms with Gasteiger partial charge in [0.15, 0.2) is 0 Å². The van der Waals surface area contributed by atoms with E-state index in [0.717, 1.165) is 55.3 Å². The summed E-state index contributed by atoms with van der Waals surface area (Å²) in [4.78, 5) is 16.4. The van der Waals surface area contributed by atoms with Crippen LogP contribution in [-0.2, 0) is 11.7 Å². The zero-order valence-corrected chi connectivity index (χ0v) is 19.7. The smallest absolute Gasteiger partial charge is 0.416 e. The molecule has 2 heterocycles. The number of rotatable bonds is 5. The van der Waals surface area contributed by atoms with Gasteiger partial charge < -0.3 is 10.1 Å². The van der Waals surface area contributed by atoms with Gasteiger partial charge >= 0.3 is 6.18 Å². The molecule has 33 heavy (non-hydrogen) atoms. The van der Waals surface area contributed by atoms with Gasteiger partial charge in [-0.1, -0.05) is 36.8 Å². The van der Waals surface area contributed by atoms with E-state index in [1.807, 2.05) is 30.3 Å². The molecule has 2 aromatic rings. The molecule has 0 saturated carbocycles. The number of hydrogen-bond donors (Lipinski definition) is 1. The zero-order valence-electron chi connectivity index (χ0n) is 18.9. The molecule has 0 aromatic heterocycles. The predicted octanol–water partition coefficient (Wildman–Crippen LogP) is 5.71. The summed E-state index contributed by atoms with van der Waals surface area (Å²) in [6, 6.07) is 12.3. The monoisotopic (exact) mass is 478 g/mol. The molecule has 2 atom stereocenters. The summed E-state index contributed by atoms with van der Waals surface area (Å²) in [5, 5.41) is 3.25. The van der Waals surface area contributed by atoms with Crippen LogP contribution in [0.15, 0.2) is 47.4 Å². The van der Waals surface area contributed by atoms with E-state index in [-0.39, 0.29) is 16.2 Å². The van der Waals surface area contributed by atoms with E-state index in [2.05, 4.69) is 10.2 Å². The number of piperidine rings is 2. The van der Waals surface area contributed by atoms with Crippen molar-refractivity contribution in [1.82, 2.24) is 10.2 Å². The van der Waals surface area contributed by atoms with E-state index in [9.17, 15) is 18.0 Å². The molecule has 0 aliphatic carbocycles. The maximum atomic E-state index is 13.7. The quantitative estimate of drug-likeness (QED) is 0.559. The molecule has 0 spiro atoms. The topological polar surface area (TPSA) is 41.6 Å². The van der Waals surface area contributed by atoms with Crippen LogP contribution in [0.3, 0.4) is 0 Å². The van der Waals surface area contributed by atoms with E-state index in [4.69, 9.17) is 4.74 Å². The molecular formula is C25H29F3N2O2S. The number of amides is 1. The molecule has 178 valence electrons. The lowest BCUT2D eigenvalue weighted by Crippen LogP contribution is -2.60. The molecule has 0 radical (unpaired) electrons. The van der Waals surface area contributed by atoms with Crippen molar-refractivity contribution in [2.45, 2.75) is 54.8 Å². The van der Waals surface area contributed by atoms with E-state index in [0.29, 0.717) is 12.6 Å². The summed E-state index contributed by atoms with van der Waals surface area (Å²) in [7, 11) is 1.29. The van der Waals surface area contributed by atoms with Crippen LogP contribution in [0.2, 0.25) is 0 Å². The number of hydrogen-bond acceptors (Lipinski definition) is 4. The fourth-order valence-corrected chi connectivity index (χ4v) is 5.82. The third-order valence-electron chi connectivity index (χ3n) is 6.87. The van der Waals surface area contributed by atoms with Gasteiger partial charge in [-0.25, -0.2) is 0 Å². The second-order valence-electron chi connectivity index (χ2n) is 8.81. The second-order valence-corrected chi connectivity index (χ2v) is 9.66. The maximum absolute atomic E-state index is 13.7. The van der Waals surface area contributed by atoms with Gasteiger partial charge in [0.05, 0.1) is 23.8 Å². The molecule has 4 rings (SSSR count). The number of benzene rings is 2. The van der Waals surface area contributed by atoms with E-state index < -0.39 is 23.2 Å². The highest BCUT2D eigenvalue weighted by Gasteiger charge is 2.43. The van der Waals surface area contributed by atoms with Gasteiger partial charge in [-0.2, -0.15) is 13.2 Å². The van der Waals surface area contributed by atoms with Gasteiger partial charge in [0.2, 0.25) is 0 Å². The number of nitrogens with zero attached hydrogens (tertiary/aromatic N) is 1. The third-order valence-corrected chi connectivity index (χ3v) is 7.63. The minimum Gasteiger partial charge on any atom is -0.496 e. The molecule has 2 aliphatic rings.